The lowest BCUT2D eigenvalue weighted by Crippen LogP contribution is -2.52. The molecule has 0 bridgehead atoms. The van der Waals surface area contributed by atoms with Gasteiger partial charge in [0.1, 0.15) is 0 Å². The molecule has 1 fully saturated rings. The predicted molar refractivity (Wildman–Crippen MR) is 129 cm³/mol. The molecule has 4 rings (SSSR count). The zero-order valence-electron chi connectivity index (χ0n) is 17.3. The minimum absolute atomic E-state index is 0.0278. The van der Waals surface area contributed by atoms with E-state index < -0.39 is 10.0 Å². The van der Waals surface area contributed by atoms with Crippen LogP contribution in [-0.4, -0.2) is 45.5 Å². The Bertz CT molecular complexity index is 1070. The molecule has 1 saturated heterocycles. The van der Waals surface area contributed by atoms with Crippen LogP contribution < -0.4 is 9.62 Å². The van der Waals surface area contributed by atoms with Crippen molar-refractivity contribution in [1.82, 2.24) is 9.62 Å². The van der Waals surface area contributed by atoms with E-state index >= 15 is 0 Å². The van der Waals surface area contributed by atoms with Crippen molar-refractivity contribution in [2.75, 3.05) is 31.1 Å². The molecule has 0 radical (unpaired) electrons. The summed E-state index contributed by atoms with van der Waals surface area (Å²) in [6, 6.07) is 20.5. The van der Waals surface area contributed by atoms with Crippen LogP contribution in [0.5, 0.6) is 0 Å². The largest absolute Gasteiger partial charge is 0.369 e. The van der Waals surface area contributed by atoms with Crippen molar-refractivity contribution >= 4 is 38.6 Å². The van der Waals surface area contributed by atoms with Gasteiger partial charge in [-0.05, 0) is 54.8 Å². The zero-order chi connectivity index (χ0) is 21.8. The number of halogens is 1. The first kappa shape index (κ1) is 22.3. The van der Waals surface area contributed by atoms with Crippen LogP contribution in [0.2, 0.25) is 5.02 Å². The highest BCUT2D eigenvalue weighted by atomic mass is 35.5. The molecule has 2 aromatic carbocycles. The van der Waals surface area contributed by atoms with E-state index in [4.69, 9.17) is 11.6 Å². The van der Waals surface area contributed by atoms with Gasteiger partial charge in [0.25, 0.3) is 0 Å². The standard InChI is InChI=1S/C23H26ClN3O2S2/c1-18(25-31(28,29)21-11-9-19(24)10-12-21)23(22-8-5-17-30-22)27-15-13-26(14-16-27)20-6-3-2-4-7-20/h2-12,17-18,23,25H,13-16H2,1H3. The Balaban J connectivity index is 1.50. The van der Waals surface area contributed by atoms with Gasteiger partial charge in [-0.15, -0.1) is 11.3 Å². The molecule has 31 heavy (non-hydrogen) atoms. The van der Waals surface area contributed by atoms with Gasteiger partial charge >= 0.3 is 0 Å². The summed E-state index contributed by atoms with van der Waals surface area (Å²) in [6.07, 6.45) is 0. The van der Waals surface area contributed by atoms with Gasteiger partial charge in [0.05, 0.1) is 10.9 Å². The lowest BCUT2D eigenvalue weighted by Gasteiger charge is -2.42. The molecule has 2 heterocycles. The summed E-state index contributed by atoms with van der Waals surface area (Å²) in [5.41, 5.74) is 1.23. The Morgan fingerprint density at radius 2 is 1.61 bits per heavy atom. The highest BCUT2D eigenvalue weighted by molar-refractivity contribution is 7.89. The van der Waals surface area contributed by atoms with E-state index in [1.165, 1.54) is 22.7 Å². The molecule has 1 N–H and O–H groups in total. The van der Waals surface area contributed by atoms with Crippen molar-refractivity contribution in [3.8, 4) is 0 Å². The molecule has 0 aliphatic carbocycles. The molecule has 0 saturated carbocycles. The van der Waals surface area contributed by atoms with Gasteiger partial charge < -0.3 is 4.90 Å². The smallest absolute Gasteiger partial charge is 0.240 e. The summed E-state index contributed by atoms with van der Waals surface area (Å²) in [4.78, 5) is 6.16. The van der Waals surface area contributed by atoms with Crippen LogP contribution >= 0.6 is 22.9 Å². The number of nitrogens with one attached hydrogen (secondary N) is 1. The number of hydrogen-bond acceptors (Lipinski definition) is 5. The van der Waals surface area contributed by atoms with Gasteiger partial charge in [0, 0.05) is 47.8 Å². The molecule has 2 atom stereocenters. The second kappa shape index (κ2) is 9.71. The number of para-hydroxylation sites is 1. The fraction of sp³-hybridized carbons (Fsp3) is 0.304. The fourth-order valence-electron chi connectivity index (χ4n) is 4.09. The predicted octanol–water partition coefficient (Wildman–Crippen LogP) is 4.63. The minimum Gasteiger partial charge on any atom is -0.369 e. The lowest BCUT2D eigenvalue weighted by atomic mass is 10.1. The van der Waals surface area contributed by atoms with Crippen molar-refractivity contribution in [3.05, 3.63) is 82.0 Å². The minimum atomic E-state index is -3.65. The molecule has 164 valence electrons. The summed E-state index contributed by atoms with van der Waals surface area (Å²) in [5.74, 6) is 0. The van der Waals surface area contributed by atoms with Crippen molar-refractivity contribution < 1.29 is 8.42 Å². The van der Waals surface area contributed by atoms with E-state index in [-0.39, 0.29) is 17.0 Å². The topological polar surface area (TPSA) is 52.7 Å². The fourth-order valence-corrected chi connectivity index (χ4v) is 6.43. The maximum absolute atomic E-state index is 13.0. The second-order valence-electron chi connectivity index (χ2n) is 7.68. The number of thiophene rings is 1. The molecule has 0 amide bonds. The monoisotopic (exact) mass is 475 g/mol. The van der Waals surface area contributed by atoms with Gasteiger partial charge in [-0.2, -0.15) is 0 Å². The number of sulfonamides is 1. The third-order valence-electron chi connectivity index (χ3n) is 5.60. The van der Waals surface area contributed by atoms with E-state index in [9.17, 15) is 8.42 Å². The third-order valence-corrected chi connectivity index (χ3v) is 8.37. The highest BCUT2D eigenvalue weighted by Crippen LogP contribution is 2.31. The average molecular weight is 476 g/mol. The van der Waals surface area contributed by atoms with Crippen LogP contribution in [0, 0.1) is 0 Å². The lowest BCUT2D eigenvalue weighted by molar-refractivity contribution is 0.164. The third kappa shape index (κ3) is 5.30. The maximum atomic E-state index is 13.0. The van der Waals surface area contributed by atoms with E-state index in [2.05, 4.69) is 44.9 Å². The van der Waals surface area contributed by atoms with Gasteiger partial charge in [-0.3, -0.25) is 4.90 Å². The Morgan fingerprint density at radius 3 is 2.23 bits per heavy atom. The Hall–Kier alpha value is -1.90. The molecular weight excluding hydrogens is 450 g/mol. The molecule has 1 aliphatic rings. The number of rotatable bonds is 7. The molecule has 1 aromatic heterocycles. The normalized spacial score (nSPS) is 17.4. The van der Waals surface area contributed by atoms with E-state index in [1.54, 1.807) is 23.5 Å². The van der Waals surface area contributed by atoms with Gasteiger partial charge in [-0.25, -0.2) is 13.1 Å². The molecular formula is C23H26ClN3O2S2. The first-order valence-electron chi connectivity index (χ1n) is 10.3. The van der Waals surface area contributed by atoms with Crippen molar-refractivity contribution in [2.24, 2.45) is 0 Å². The van der Waals surface area contributed by atoms with E-state index in [0.29, 0.717) is 5.02 Å². The first-order valence-corrected chi connectivity index (χ1v) is 13.0. The summed E-state index contributed by atoms with van der Waals surface area (Å²) in [7, 11) is -3.65. The number of hydrogen-bond donors (Lipinski definition) is 1. The van der Waals surface area contributed by atoms with Crippen LogP contribution in [0.25, 0.3) is 0 Å². The second-order valence-corrected chi connectivity index (χ2v) is 10.8. The number of anilines is 1. The molecule has 2 unspecified atom stereocenters. The summed E-state index contributed by atoms with van der Waals surface area (Å²) < 4.78 is 28.8. The quantitative estimate of drug-likeness (QED) is 0.541. The summed E-state index contributed by atoms with van der Waals surface area (Å²) in [5, 5.41) is 2.56. The number of nitrogens with zero attached hydrogens (tertiary/aromatic N) is 2. The number of piperazine rings is 1. The van der Waals surface area contributed by atoms with Crippen LogP contribution in [0.1, 0.15) is 17.8 Å². The van der Waals surface area contributed by atoms with Crippen LogP contribution in [0.3, 0.4) is 0 Å². The summed E-state index contributed by atoms with van der Waals surface area (Å²) >= 11 is 7.58. The Morgan fingerprint density at radius 1 is 0.935 bits per heavy atom. The molecule has 5 nitrogen and oxygen atoms in total. The van der Waals surface area contributed by atoms with Crippen molar-refractivity contribution in [2.45, 2.75) is 23.9 Å². The van der Waals surface area contributed by atoms with Crippen molar-refractivity contribution in [1.29, 1.82) is 0 Å². The average Bonchev–Trinajstić information content (AvgIpc) is 3.29. The SMILES string of the molecule is CC(NS(=O)(=O)c1ccc(Cl)cc1)C(c1cccs1)N1CCN(c2ccccc2)CC1. The number of benzene rings is 2. The van der Waals surface area contributed by atoms with Crippen LogP contribution in [0.4, 0.5) is 5.69 Å². The van der Waals surface area contributed by atoms with Crippen LogP contribution in [0.15, 0.2) is 77.0 Å². The van der Waals surface area contributed by atoms with Gasteiger partial charge in [0.15, 0.2) is 0 Å². The van der Waals surface area contributed by atoms with E-state index in [1.807, 2.05) is 24.4 Å². The molecule has 1 aliphatic heterocycles. The maximum Gasteiger partial charge on any atom is 0.240 e. The van der Waals surface area contributed by atoms with Gasteiger partial charge in [-0.1, -0.05) is 35.9 Å². The van der Waals surface area contributed by atoms with Gasteiger partial charge in [0.2, 0.25) is 10.0 Å². The van der Waals surface area contributed by atoms with Crippen LogP contribution in [-0.2, 0) is 10.0 Å². The Labute approximate surface area is 193 Å². The Kier molecular flexibility index (Phi) is 6.99. The molecule has 0 spiro atoms. The molecule has 3 aromatic rings. The summed E-state index contributed by atoms with van der Waals surface area (Å²) in [6.45, 7) is 5.49. The van der Waals surface area contributed by atoms with Crippen molar-refractivity contribution in [3.63, 3.8) is 0 Å². The van der Waals surface area contributed by atoms with E-state index in [0.717, 1.165) is 26.2 Å². The zero-order valence-corrected chi connectivity index (χ0v) is 19.7. The first-order chi connectivity index (χ1) is 14.9. The molecule has 8 heteroatoms. The highest BCUT2D eigenvalue weighted by Gasteiger charge is 2.32.